The van der Waals surface area contributed by atoms with E-state index in [4.69, 9.17) is 0 Å². The molecule has 0 heterocycles. The molecular weight excluding hydrogens is 312 g/mol. The lowest BCUT2D eigenvalue weighted by atomic mass is 9.77. The van der Waals surface area contributed by atoms with Gasteiger partial charge < -0.3 is 0 Å². The molecule has 0 atom stereocenters. The van der Waals surface area contributed by atoms with Crippen molar-refractivity contribution in [2.45, 2.75) is 96.3 Å². The summed E-state index contributed by atoms with van der Waals surface area (Å²) in [7, 11) is 0. The fraction of sp³-hybridized carbons (Fsp3) is 0.692. The minimum atomic E-state index is 0.766. The number of rotatable bonds is 8. The molecule has 2 fully saturated rings. The van der Waals surface area contributed by atoms with Crippen molar-refractivity contribution in [3.8, 4) is 0 Å². The van der Waals surface area contributed by atoms with E-state index in [-0.39, 0.29) is 0 Å². The summed E-state index contributed by atoms with van der Waals surface area (Å²) >= 11 is 0. The van der Waals surface area contributed by atoms with Gasteiger partial charge in [0, 0.05) is 0 Å². The lowest BCUT2D eigenvalue weighted by Gasteiger charge is -2.28. The van der Waals surface area contributed by atoms with Crippen molar-refractivity contribution in [2.24, 2.45) is 17.8 Å². The predicted octanol–water partition coefficient (Wildman–Crippen LogP) is 8.08. The highest BCUT2D eigenvalue weighted by molar-refractivity contribution is 5.26. The quantitative estimate of drug-likeness (QED) is 0.415. The topological polar surface area (TPSA) is 0 Å². The smallest absolute Gasteiger partial charge is 0.0162 e. The molecule has 144 valence electrons. The largest absolute Gasteiger partial charge is 0.103 e. The fourth-order valence-corrected chi connectivity index (χ4v) is 5.32. The predicted molar refractivity (Wildman–Crippen MR) is 115 cm³/mol. The summed E-state index contributed by atoms with van der Waals surface area (Å²) in [4.78, 5) is 0. The first-order valence-corrected chi connectivity index (χ1v) is 11.5. The van der Waals surface area contributed by atoms with E-state index < -0.39 is 0 Å². The van der Waals surface area contributed by atoms with Crippen LogP contribution in [-0.2, 0) is 6.42 Å². The van der Waals surface area contributed by atoms with Gasteiger partial charge in [-0.25, -0.2) is 0 Å². The van der Waals surface area contributed by atoms with Crippen LogP contribution in [0, 0.1) is 17.8 Å². The number of hydrogen-bond acceptors (Lipinski definition) is 0. The Labute approximate surface area is 162 Å². The zero-order valence-corrected chi connectivity index (χ0v) is 17.1. The van der Waals surface area contributed by atoms with Crippen LogP contribution < -0.4 is 0 Å². The van der Waals surface area contributed by atoms with E-state index in [0.717, 1.165) is 23.7 Å². The maximum atomic E-state index is 3.97. The van der Waals surface area contributed by atoms with Gasteiger partial charge in [-0.05, 0) is 73.3 Å². The van der Waals surface area contributed by atoms with Crippen LogP contribution in [0.15, 0.2) is 36.9 Å². The molecule has 0 amide bonds. The monoisotopic (exact) mass is 352 g/mol. The van der Waals surface area contributed by atoms with Gasteiger partial charge in [0.05, 0.1) is 0 Å². The first kappa shape index (κ1) is 19.7. The molecule has 0 nitrogen and oxygen atoms in total. The van der Waals surface area contributed by atoms with Gasteiger partial charge in [0.2, 0.25) is 0 Å². The molecule has 0 unspecified atom stereocenters. The fourth-order valence-electron chi connectivity index (χ4n) is 5.32. The van der Waals surface area contributed by atoms with Crippen molar-refractivity contribution in [2.75, 3.05) is 0 Å². The summed E-state index contributed by atoms with van der Waals surface area (Å²) in [5.41, 5.74) is 3.13. The normalized spacial score (nSPS) is 29.4. The number of allylic oxidation sites excluding steroid dienone is 1. The lowest BCUT2D eigenvalue weighted by Crippen LogP contribution is -2.15. The molecule has 2 aliphatic rings. The van der Waals surface area contributed by atoms with Gasteiger partial charge in [-0.3, -0.25) is 0 Å². The SMILES string of the molecule is C=CC1CCC(c2ccc(CCC3CCC(CCCC)CC3)cc2)CC1. The van der Waals surface area contributed by atoms with Crippen LogP contribution >= 0.6 is 0 Å². The second kappa shape index (κ2) is 10.3. The van der Waals surface area contributed by atoms with Crippen molar-refractivity contribution < 1.29 is 0 Å². The van der Waals surface area contributed by atoms with Gasteiger partial charge in [0.15, 0.2) is 0 Å². The standard InChI is InChI=1S/C26H40/c1-3-5-6-22-7-9-23(10-8-22)11-12-24-15-19-26(20-16-24)25-17-13-21(4-2)14-18-25/h4,15-16,19-23,25H,2-3,5-14,17-18H2,1H3. The molecule has 0 spiro atoms. The highest BCUT2D eigenvalue weighted by atomic mass is 14.3. The van der Waals surface area contributed by atoms with Crippen LogP contribution in [-0.4, -0.2) is 0 Å². The van der Waals surface area contributed by atoms with Gasteiger partial charge >= 0.3 is 0 Å². The molecule has 0 aliphatic heterocycles. The minimum Gasteiger partial charge on any atom is -0.103 e. The number of benzene rings is 1. The molecule has 0 aromatic heterocycles. The molecule has 0 heteroatoms. The van der Waals surface area contributed by atoms with Gasteiger partial charge in [-0.2, -0.15) is 0 Å². The van der Waals surface area contributed by atoms with Crippen molar-refractivity contribution in [1.82, 2.24) is 0 Å². The number of unbranched alkanes of at least 4 members (excludes halogenated alkanes) is 1. The van der Waals surface area contributed by atoms with Crippen molar-refractivity contribution in [1.29, 1.82) is 0 Å². The minimum absolute atomic E-state index is 0.766. The second-order valence-electron chi connectivity index (χ2n) is 9.16. The Hall–Kier alpha value is -1.04. The second-order valence-corrected chi connectivity index (χ2v) is 9.16. The molecule has 1 aromatic carbocycles. The lowest BCUT2D eigenvalue weighted by molar-refractivity contribution is 0.250. The van der Waals surface area contributed by atoms with Crippen LogP contribution in [0.25, 0.3) is 0 Å². The van der Waals surface area contributed by atoms with Gasteiger partial charge in [0.25, 0.3) is 0 Å². The number of hydrogen-bond donors (Lipinski definition) is 0. The van der Waals surface area contributed by atoms with Crippen LogP contribution in [0.5, 0.6) is 0 Å². The van der Waals surface area contributed by atoms with Crippen LogP contribution in [0.3, 0.4) is 0 Å². The van der Waals surface area contributed by atoms with Gasteiger partial charge in [-0.1, -0.05) is 82.2 Å². The Morgan fingerprint density at radius 3 is 2.04 bits per heavy atom. The Morgan fingerprint density at radius 2 is 1.46 bits per heavy atom. The molecule has 0 saturated heterocycles. The van der Waals surface area contributed by atoms with Crippen molar-refractivity contribution in [3.05, 3.63) is 48.0 Å². The Kier molecular flexibility index (Phi) is 7.84. The Bertz CT molecular complexity index is 509. The zero-order chi connectivity index (χ0) is 18.2. The first-order chi connectivity index (χ1) is 12.8. The zero-order valence-electron chi connectivity index (χ0n) is 17.1. The molecule has 3 rings (SSSR count). The van der Waals surface area contributed by atoms with E-state index in [1.807, 2.05) is 0 Å². The third-order valence-corrected chi connectivity index (χ3v) is 7.33. The summed E-state index contributed by atoms with van der Waals surface area (Å²) in [5.74, 6) is 3.59. The molecule has 2 aliphatic carbocycles. The molecule has 1 aromatic rings. The van der Waals surface area contributed by atoms with E-state index in [2.05, 4.69) is 43.8 Å². The molecule has 2 saturated carbocycles. The van der Waals surface area contributed by atoms with Crippen LogP contribution in [0.1, 0.15) is 101 Å². The molecule has 0 N–H and O–H groups in total. The Morgan fingerprint density at radius 1 is 0.846 bits per heavy atom. The summed E-state index contributed by atoms with van der Waals surface area (Å²) in [5, 5.41) is 0. The third kappa shape index (κ3) is 5.73. The van der Waals surface area contributed by atoms with Crippen molar-refractivity contribution in [3.63, 3.8) is 0 Å². The first-order valence-electron chi connectivity index (χ1n) is 11.5. The van der Waals surface area contributed by atoms with Crippen molar-refractivity contribution >= 4 is 0 Å². The van der Waals surface area contributed by atoms with Gasteiger partial charge in [0.1, 0.15) is 0 Å². The average Bonchev–Trinajstić information content (AvgIpc) is 2.72. The maximum Gasteiger partial charge on any atom is -0.0162 e. The Balaban J connectivity index is 1.39. The highest BCUT2D eigenvalue weighted by Crippen LogP contribution is 2.37. The van der Waals surface area contributed by atoms with Crippen LogP contribution in [0.4, 0.5) is 0 Å². The average molecular weight is 353 g/mol. The molecule has 26 heavy (non-hydrogen) atoms. The van der Waals surface area contributed by atoms with E-state index in [9.17, 15) is 0 Å². The van der Waals surface area contributed by atoms with E-state index in [0.29, 0.717) is 0 Å². The summed E-state index contributed by atoms with van der Waals surface area (Å²) in [6.07, 6.45) is 20.5. The molecule has 0 radical (unpaired) electrons. The third-order valence-electron chi connectivity index (χ3n) is 7.33. The summed E-state index contributed by atoms with van der Waals surface area (Å²) < 4.78 is 0. The molecule has 0 bridgehead atoms. The van der Waals surface area contributed by atoms with Gasteiger partial charge in [-0.15, -0.1) is 6.58 Å². The van der Waals surface area contributed by atoms with E-state index in [1.54, 1.807) is 11.1 Å². The van der Waals surface area contributed by atoms with Crippen LogP contribution in [0.2, 0.25) is 0 Å². The summed E-state index contributed by atoms with van der Waals surface area (Å²) in [6, 6.07) is 9.69. The molecular formula is C26H40. The maximum absolute atomic E-state index is 3.97. The van der Waals surface area contributed by atoms with E-state index in [1.165, 1.54) is 83.5 Å². The summed E-state index contributed by atoms with van der Waals surface area (Å²) in [6.45, 7) is 6.29. The number of aryl methyl sites for hydroxylation is 1. The highest BCUT2D eigenvalue weighted by Gasteiger charge is 2.22. The van der Waals surface area contributed by atoms with E-state index >= 15 is 0 Å².